The van der Waals surface area contributed by atoms with E-state index in [-0.39, 0.29) is 6.42 Å². The third-order valence-corrected chi connectivity index (χ3v) is 10.2. The normalized spacial score (nSPS) is 33.1. The van der Waals surface area contributed by atoms with E-state index in [0.29, 0.717) is 30.6 Å². The van der Waals surface area contributed by atoms with Crippen molar-refractivity contribution in [3.05, 3.63) is 41.7 Å². The molecule has 5 aliphatic rings. The molecule has 5 atom stereocenters. The highest BCUT2D eigenvalue weighted by Gasteiger charge is 2.45. The number of carboxylic acid groups (broad SMARTS) is 1. The largest absolute Gasteiger partial charge is 0.481 e. The Balaban J connectivity index is 1.13. The van der Waals surface area contributed by atoms with Gasteiger partial charge in [-0.15, -0.1) is 0 Å². The topological polar surface area (TPSA) is 61.6 Å². The van der Waals surface area contributed by atoms with Gasteiger partial charge < -0.3 is 14.6 Å². The molecule has 4 heterocycles. The number of piperidine rings is 2. The number of carbonyl (C=O) groups is 1. The van der Waals surface area contributed by atoms with E-state index in [1.807, 2.05) is 0 Å². The Bertz CT molecular complexity index is 1170. The standard InChI is InChI=1S/C31H42N4O2/c36-30(37)12-13-33-19-23(20-33)31-32-28-10-3-4-11-29(28)35(31)27-17-24-8-5-9-25(18-27)34(24)26-15-21-6-1-2-7-22(14-21)16-26/h3-4,10-11,14,21,23-27H,1-2,5-9,12-13,15-20H2,(H,36,37)/t21-,24-,25+,26-,27?/m1/s1. The summed E-state index contributed by atoms with van der Waals surface area (Å²) in [6.45, 7) is 2.51. The van der Waals surface area contributed by atoms with Crippen LogP contribution < -0.4 is 0 Å². The van der Waals surface area contributed by atoms with Crippen molar-refractivity contribution in [2.75, 3.05) is 19.6 Å². The molecule has 0 radical (unpaired) electrons. The summed E-state index contributed by atoms with van der Waals surface area (Å²) in [4.78, 5) is 21.5. The Hall–Kier alpha value is -2.18. The zero-order chi connectivity index (χ0) is 24.9. The summed E-state index contributed by atoms with van der Waals surface area (Å²) in [5.41, 5.74) is 4.18. The number of aromatic nitrogens is 2. The summed E-state index contributed by atoms with van der Waals surface area (Å²) in [6, 6.07) is 11.4. The van der Waals surface area contributed by atoms with E-state index in [4.69, 9.17) is 10.1 Å². The van der Waals surface area contributed by atoms with Crippen molar-refractivity contribution in [2.45, 2.75) is 107 Å². The Morgan fingerprint density at radius 3 is 2.57 bits per heavy atom. The molecule has 1 N–H and O–H groups in total. The number of rotatable bonds is 6. The molecule has 1 aromatic carbocycles. The van der Waals surface area contributed by atoms with Gasteiger partial charge in [-0.25, -0.2) is 4.98 Å². The summed E-state index contributed by atoms with van der Waals surface area (Å²) in [7, 11) is 0. The van der Waals surface area contributed by atoms with Gasteiger partial charge in [0, 0.05) is 49.7 Å². The highest BCUT2D eigenvalue weighted by molar-refractivity contribution is 5.76. The van der Waals surface area contributed by atoms with Crippen molar-refractivity contribution in [3.63, 3.8) is 0 Å². The number of benzene rings is 1. The third kappa shape index (κ3) is 4.54. The minimum atomic E-state index is -0.706. The summed E-state index contributed by atoms with van der Waals surface area (Å²) in [5.74, 6) is 1.77. The number of imidazole rings is 1. The van der Waals surface area contributed by atoms with Crippen molar-refractivity contribution in [1.29, 1.82) is 0 Å². The average molecular weight is 503 g/mol. The highest BCUT2D eigenvalue weighted by Crippen LogP contribution is 2.46. The van der Waals surface area contributed by atoms with E-state index in [9.17, 15) is 4.79 Å². The van der Waals surface area contributed by atoms with E-state index < -0.39 is 5.97 Å². The van der Waals surface area contributed by atoms with E-state index in [2.05, 4.69) is 44.7 Å². The third-order valence-electron chi connectivity index (χ3n) is 10.2. The molecule has 37 heavy (non-hydrogen) atoms. The Morgan fingerprint density at radius 1 is 0.946 bits per heavy atom. The van der Waals surface area contributed by atoms with Crippen LogP contribution in [0, 0.1) is 5.92 Å². The van der Waals surface area contributed by atoms with Gasteiger partial charge in [-0.05, 0) is 75.8 Å². The summed E-state index contributed by atoms with van der Waals surface area (Å²) < 4.78 is 2.64. The summed E-state index contributed by atoms with van der Waals surface area (Å²) in [5, 5.41) is 9.08. The van der Waals surface area contributed by atoms with Gasteiger partial charge in [-0.2, -0.15) is 0 Å². The lowest BCUT2D eigenvalue weighted by molar-refractivity contribution is -0.137. The number of carboxylic acids is 1. The number of fused-ring (bicyclic) bond motifs is 4. The monoisotopic (exact) mass is 502 g/mol. The number of para-hydroxylation sites is 2. The van der Waals surface area contributed by atoms with Gasteiger partial charge in [0.15, 0.2) is 0 Å². The van der Waals surface area contributed by atoms with Crippen LogP contribution in [0.2, 0.25) is 0 Å². The minimum absolute atomic E-state index is 0.226. The maximum Gasteiger partial charge on any atom is 0.304 e. The molecular formula is C31H42N4O2. The van der Waals surface area contributed by atoms with Gasteiger partial charge in [-0.3, -0.25) is 9.69 Å². The van der Waals surface area contributed by atoms with Gasteiger partial charge in [0.2, 0.25) is 0 Å². The Morgan fingerprint density at radius 2 is 1.76 bits per heavy atom. The lowest BCUT2D eigenvalue weighted by atomic mass is 9.76. The van der Waals surface area contributed by atoms with Crippen molar-refractivity contribution in [2.24, 2.45) is 5.92 Å². The van der Waals surface area contributed by atoms with Crippen LogP contribution in [0.1, 0.15) is 94.8 Å². The maximum atomic E-state index is 11.0. The fourth-order valence-electron chi connectivity index (χ4n) is 8.68. The molecule has 6 heteroatoms. The molecule has 3 saturated heterocycles. The number of nitrogens with zero attached hydrogens (tertiary/aromatic N) is 4. The first kappa shape index (κ1) is 23.9. The van der Waals surface area contributed by atoms with Gasteiger partial charge >= 0.3 is 5.97 Å². The molecular weight excluding hydrogens is 460 g/mol. The minimum Gasteiger partial charge on any atom is -0.481 e. The average Bonchev–Trinajstić information content (AvgIpc) is 3.14. The predicted octanol–water partition coefficient (Wildman–Crippen LogP) is 5.75. The van der Waals surface area contributed by atoms with Crippen LogP contribution in [0.25, 0.3) is 11.0 Å². The second-order valence-corrected chi connectivity index (χ2v) is 12.7. The summed E-state index contributed by atoms with van der Waals surface area (Å²) >= 11 is 0. The molecule has 6 nitrogen and oxygen atoms in total. The molecule has 2 aromatic rings. The molecule has 7 rings (SSSR count). The number of hydrogen-bond donors (Lipinski definition) is 1. The van der Waals surface area contributed by atoms with E-state index in [0.717, 1.165) is 30.6 Å². The van der Waals surface area contributed by atoms with Gasteiger partial charge in [0.25, 0.3) is 0 Å². The molecule has 1 unspecified atom stereocenters. The molecule has 3 fully saturated rings. The van der Waals surface area contributed by atoms with Crippen LogP contribution in [-0.2, 0) is 4.79 Å². The Labute approximate surface area is 220 Å². The van der Waals surface area contributed by atoms with Crippen molar-refractivity contribution in [1.82, 2.24) is 19.4 Å². The van der Waals surface area contributed by atoms with Crippen molar-refractivity contribution in [3.8, 4) is 0 Å². The Kier molecular flexibility index (Phi) is 6.36. The second-order valence-electron chi connectivity index (χ2n) is 12.7. The molecule has 2 aliphatic carbocycles. The van der Waals surface area contributed by atoms with Crippen molar-refractivity contribution < 1.29 is 9.90 Å². The zero-order valence-electron chi connectivity index (χ0n) is 22.1. The van der Waals surface area contributed by atoms with Gasteiger partial charge in [0.05, 0.1) is 17.5 Å². The fourth-order valence-corrected chi connectivity index (χ4v) is 8.68. The molecule has 1 aromatic heterocycles. The molecule has 0 spiro atoms. The number of aliphatic carboxylic acids is 1. The van der Waals surface area contributed by atoms with Crippen LogP contribution >= 0.6 is 0 Å². The van der Waals surface area contributed by atoms with Crippen LogP contribution in [0.3, 0.4) is 0 Å². The number of hydrogen-bond acceptors (Lipinski definition) is 4. The molecule has 4 bridgehead atoms. The number of allylic oxidation sites excluding steroid dienone is 1. The van der Waals surface area contributed by atoms with Gasteiger partial charge in [0.1, 0.15) is 5.82 Å². The van der Waals surface area contributed by atoms with Gasteiger partial charge in [-0.1, -0.05) is 36.6 Å². The van der Waals surface area contributed by atoms with Crippen LogP contribution in [0.4, 0.5) is 0 Å². The molecule has 0 saturated carbocycles. The smallest absolute Gasteiger partial charge is 0.304 e. The van der Waals surface area contributed by atoms with E-state index in [1.165, 1.54) is 82.0 Å². The first-order valence-electron chi connectivity index (χ1n) is 15.0. The quantitative estimate of drug-likeness (QED) is 0.510. The molecule has 198 valence electrons. The number of likely N-dealkylation sites (tertiary alicyclic amines) is 1. The van der Waals surface area contributed by atoms with Crippen LogP contribution in [0.5, 0.6) is 0 Å². The first-order chi connectivity index (χ1) is 18.1. The first-order valence-corrected chi connectivity index (χ1v) is 15.0. The van der Waals surface area contributed by atoms with Crippen molar-refractivity contribution >= 4 is 17.0 Å². The fraction of sp³-hybridized carbons (Fsp3) is 0.677. The molecule has 3 aliphatic heterocycles. The second kappa shape index (κ2) is 9.85. The maximum absolute atomic E-state index is 11.0. The van der Waals surface area contributed by atoms with Crippen LogP contribution in [0.15, 0.2) is 35.9 Å². The zero-order valence-corrected chi connectivity index (χ0v) is 22.1. The molecule has 0 amide bonds. The highest BCUT2D eigenvalue weighted by atomic mass is 16.4. The van der Waals surface area contributed by atoms with Crippen LogP contribution in [-0.4, -0.2) is 68.2 Å². The van der Waals surface area contributed by atoms with E-state index in [1.54, 1.807) is 5.57 Å². The predicted molar refractivity (Wildman–Crippen MR) is 146 cm³/mol. The van der Waals surface area contributed by atoms with E-state index >= 15 is 0 Å². The summed E-state index contributed by atoms with van der Waals surface area (Å²) in [6.07, 6.45) is 17.7. The SMILES string of the molecule is O=C(O)CCN1CC(c2nc3ccccc3n2C2C[C@H]3CCC[C@@H](C2)N3[C@H]2CC3=C[C@@H](CCCC3)C2)C1. The lowest BCUT2D eigenvalue weighted by Gasteiger charge is -2.54. The lowest BCUT2D eigenvalue weighted by Crippen LogP contribution is -2.57.